The number of nitrogens with zero attached hydrogens (tertiary/aromatic N) is 1. The van der Waals surface area contributed by atoms with Crippen LogP contribution < -0.4 is 5.73 Å². The van der Waals surface area contributed by atoms with E-state index in [1.54, 1.807) is 12.1 Å². The molecule has 0 spiro atoms. The lowest BCUT2D eigenvalue weighted by molar-refractivity contribution is -0.136. The van der Waals surface area contributed by atoms with E-state index in [0.717, 1.165) is 24.0 Å². The summed E-state index contributed by atoms with van der Waals surface area (Å²) >= 11 is 0. The molecular weight excluding hydrogens is 268 g/mol. The van der Waals surface area contributed by atoms with Gasteiger partial charge in [-0.1, -0.05) is 19.1 Å². The maximum absolute atomic E-state index is 12.4. The summed E-state index contributed by atoms with van der Waals surface area (Å²) in [7, 11) is 0. The van der Waals surface area contributed by atoms with Crippen molar-refractivity contribution in [2.45, 2.75) is 32.7 Å². The number of amides is 1. The van der Waals surface area contributed by atoms with E-state index in [0.29, 0.717) is 31.6 Å². The number of hydrogen-bond donors (Lipinski definition) is 2. The number of rotatable bonds is 5. The first-order chi connectivity index (χ1) is 10.0. The molecule has 1 aromatic carbocycles. The van der Waals surface area contributed by atoms with Crippen molar-refractivity contribution in [3.8, 4) is 0 Å². The van der Waals surface area contributed by atoms with Gasteiger partial charge < -0.3 is 15.7 Å². The standard InChI is InChI=1S/C16H22N2O3/c1-11(4-3-8-17)15(19)18-9-7-13-12(10-18)5-2-6-14(13)16(20)21/h2,5-6,11H,3-4,7-10,17H2,1H3,(H,20,21). The Bertz CT molecular complexity index is 542. The average molecular weight is 290 g/mol. The van der Waals surface area contributed by atoms with Crippen LogP contribution in [-0.2, 0) is 17.8 Å². The van der Waals surface area contributed by atoms with Gasteiger partial charge in [0.2, 0.25) is 5.91 Å². The van der Waals surface area contributed by atoms with Crippen LogP contribution in [0, 0.1) is 5.92 Å². The number of aromatic carboxylic acids is 1. The topological polar surface area (TPSA) is 83.6 Å². The summed E-state index contributed by atoms with van der Waals surface area (Å²) in [6, 6.07) is 5.28. The van der Waals surface area contributed by atoms with Gasteiger partial charge in [-0.05, 0) is 43.0 Å². The molecule has 0 saturated carbocycles. The lowest BCUT2D eigenvalue weighted by atomic mass is 9.93. The van der Waals surface area contributed by atoms with Gasteiger partial charge in [-0.15, -0.1) is 0 Å². The number of benzene rings is 1. The molecule has 0 bridgehead atoms. The van der Waals surface area contributed by atoms with E-state index >= 15 is 0 Å². The van der Waals surface area contributed by atoms with E-state index in [9.17, 15) is 14.7 Å². The highest BCUT2D eigenvalue weighted by molar-refractivity contribution is 5.90. The first kappa shape index (κ1) is 15.5. The Labute approximate surface area is 124 Å². The molecule has 0 saturated heterocycles. The van der Waals surface area contributed by atoms with E-state index in [-0.39, 0.29) is 11.8 Å². The quantitative estimate of drug-likeness (QED) is 0.863. The fourth-order valence-corrected chi connectivity index (χ4v) is 2.86. The highest BCUT2D eigenvalue weighted by atomic mass is 16.4. The predicted octanol–water partition coefficient (Wildman–Crippen LogP) is 1.64. The van der Waals surface area contributed by atoms with Crippen LogP contribution in [0.1, 0.15) is 41.3 Å². The summed E-state index contributed by atoms with van der Waals surface area (Å²) in [6.07, 6.45) is 2.25. The second-order valence-electron chi connectivity index (χ2n) is 5.59. The monoisotopic (exact) mass is 290 g/mol. The number of carbonyl (C=O) groups is 2. The third-order valence-corrected chi connectivity index (χ3v) is 4.07. The van der Waals surface area contributed by atoms with Crippen LogP contribution in [0.15, 0.2) is 18.2 Å². The van der Waals surface area contributed by atoms with Crippen molar-refractivity contribution in [1.29, 1.82) is 0 Å². The van der Waals surface area contributed by atoms with E-state index in [4.69, 9.17) is 5.73 Å². The molecule has 3 N–H and O–H groups in total. The molecular formula is C16H22N2O3. The molecule has 21 heavy (non-hydrogen) atoms. The average Bonchev–Trinajstić information content (AvgIpc) is 2.50. The van der Waals surface area contributed by atoms with Crippen LogP contribution in [0.4, 0.5) is 0 Å². The molecule has 1 atom stereocenters. The van der Waals surface area contributed by atoms with Crippen LogP contribution in [0.25, 0.3) is 0 Å². The molecule has 1 aliphatic heterocycles. The Balaban J connectivity index is 2.11. The lowest BCUT2D eigenvalue weighted by Crippen LogP contribution is -2.39. The summed E-state index contributed by atoms with van der Waals surface area (Å²) in [5.74, 6) is -0.796. The number of hydrogen-bond acceptors (Lipinski definition) is 3. The zero-order valence-electron chi connectivity index (χ0n) is 12.3. The number of carboxylic acids is 1. The molecule has 5 heteroatoms. The fraction of sp³-hybridized carbons (Fsp3) is 0.500. The molecule has 2 rings (SSSR count). The molecule has 1 amide bonds. The maximum atomic E-state index is 12.4. The van der Waals surface area contributed by atoms with Crippen molar-refractivity contribution in [1.82, 2.24) is 4.90 Å². The van der Waals surface area contributed by atoms with E-state index in [1.807, 2.05) is 17.9 Å². The zero-order chi connectivity index (χ0) is 15.4. The second kappa shape index (κ2) is 6.72. The van der Waals surface area contributed by atoms with Crippen molar-refractivity contribution in [3.63, 3.8) is 0 Å². The molecule has 1 aromatic rings. The Morgan fingerprint density at radius 1 is 1.43 bits per heavy atom. The minimum Gasteiger partial charge on any atom is -0.478 e. The highest BCUT2D eigenvalue weighted by Gasteiger charge is 2.26. The first-order valence-electron chi connectivity index (χ1n) is 7.37. The summed E-state index contributed by atoms with van der Waals surface area (Å²) in [4.78, 5) is 25.5. The van der Waals surface area contributed by atoms with Crippen molar-refractivity contribution in [2.75, 3.05) is 13.1 Å². The predicted molar refractivity (Wildman–Crippen MR) is 80.0 cm³/mol. The zero-order valence-corrected chi connectivity index (χ0v) is 12.3. The van der Waals surface area contributed by atoms with Crippen molar-refractivity contribution in [2.24, 2.45) is 11.7 Å². The Kier molecular flexibility index (Phi) is 4.96. The summed E-state index contributed by atoms with van der Waals surface area (Å²) < 4.78 is 0. The summed E-state index contributed by atoms with van der Waals surface area (Å²) in [5, 5.41) is 9.21. The number of fused-ring (bicyclic) bond motifs is 1. The Morgan fingerprint density at radius 2 is 2.19 bits per heavy atom. The molecule has 1 unspecified atom stereocenters. The van der Waals surface area contributed by atoms with Crippen LogP contribution >= 0.6 is 0 Å². The number of nitrogens with two attached hydrogens (primary N) is 1. The molecule has 114 valence electrons. The third-order valence-electron chi connectivity index (χ3n) is 4.07. The largest absolute Gasteiger partial charge is 0.478 e. The van der Waals surface area contributed by atoms with Crippen LogP contribution in [0.2, 0.25) is 0 Å². The van der Waals surface area contributed by atoms with Gasteiger partial charge in [-0.2, -0.15) is 0 Å². The molecule has 0 aromatic heterocycles. The van der Waals surface area contributed by atoms with Gasteiger partial charge >= 0.3 is 5.97 Å². The minimum atomic E-state index is -0.900. The Hall–Kier alpha value is -1.88. The Morgan fingerprint density at radius 3 is 2.86 bits per heavy atom. The van der Waals surface area contributed by atoms with Crippen LogP contribution in [0.3, 0.4) is 0 Å². The lowest BCUT2D eigenvalue weighted by Gasteiger charge is -2.31. The molecule has 0 radical (unpaired) electrons. The van der Waals surface area contributed by atoms with Gasteiger partial charge in [0.05, 0.1) is 5.56 Å². The van der Waals surface area contributed by atoms with Crippen LogP contribution in [-0.4, -0.2) is 35.0 Å². The number of carboxylic acid groups (broad SMARTS) is 1. The van der Waals surface area contributed by atoms with Gasteiger partial charge in [-0.3, -0.25) is 4.79 Å². The first-order valence-corrected chi connectivity index (χ1v) is 7.37. The third kappa shape index (κ3) is 3.42. The summed E-state index contributed by atoms with van der Waals surface area (Å²) in [6.45, 7) is 3.62. The van der Waals surface area contributed by atoms with Gasteiger partial charge in [0.25, 0.3) is 0 Å². The molecule has 0 aliphatic carbocycles. The van der Waals surface area contributed by atoms with Gasteiger partial charge in [0.15, 0.2) is 0 Å². The fourth-order valence-electron chi connectivity index (χ4n) is 2.86. The SMILES string of the molecule is CC(CCCN)C(=O)N1CCc2c(cccc2C(=O)O)C1. The highest BCUT2D eigenvalue weighted by Crippen LogP contribution is 2.24. The minimum absolute atomic E-state index is 0.0299. The molecule has 0 fully saturated rings. The van der Waals surface area contributed by atoms with Crippen molar-refractivity contribution in [3.05, 3.63) is 34.9 Å². The van der Waals surface area contributed by atoms with E-state index < -0.39 is 5.97 Å². The molecule has 5 nitrogen and oxygen atoms in total. The maximum Gasteiger partial charge on any atom is 0.335 e. The van der Waals surface area contributed by atoms with Crippen LogP contribution in [0.5, 0.6) is 0 Å². The van der Waals surface area contributed by atoms with E-state index in [1.165, 1.54) is 0 Å². The smallest absolute Gasteiger partial charge is 0.335 e. The van der Waals surface area contributed by atoms with Crippen molar-refractivity contribution >= 4 is 11.9 Å². The second-order valence-corrected chi connectivity index (χ2v) is 5.59. The summed E-state index contributed by atoms with van der Waals surface area (Å²) in [5.41, 5.74) is 7.65. The van der Waals surface area contributed by atoms with Gasteiger partial charge in [0.1, 0.15) is 0 Å². The molecule has 1 heterocycles. The van der Waals surface area contributed by atoms with Gasteiger partial charge in [-0.25, -0.2) is 4.79 Å². The number of carbonyl (C=O) groups excluding carboxylic acids is 1. The normalized spacial score (nSPS) is 15.4. The van der Waals surface area contributed by atoms with E-state index in [2.05, 4.69) is 0 Å². The molecule has 1 aliphatic rings. The van der Waals surface area contributed by atoms with Gasteiger partial charge in [0, 0.05) is 19.0 Å². The van der Waals surface area contributed by atoms with Crippen molar-refractivity contribution < 1.29 is 14.7 Å².